The van der Waals surface area contributed by atoms with Crippen molar-refractivity contribution in [2.45, 2.75) is 6.92 Å². The Balaban J connectivity index is 2.15. The second-order valence-electron chi connectivity index (χ2n) is 4.80. The molecule has 2 aromatic heterocycles. The molecule has 5 N–H and O–H groups in total. The Labute approximate surface area is 147 Å². The Morgan fingerprint density at radius 2 is 2.09 bits per heavy atom. The highest BCUT2D eigenvalue weighted by Gasteiger charge is 2.28. The maximum Gasteiger partial charge on any atom is 0.268 e. The van der Waals surface area contributed by atoms with Crippen LogP contribution in [-0.4, -0.2) is 38.4 Å². The number of nitrogens with one attached hydrogen (secondary N) is 4. The zero-order chi connectivity index (χ0) is 16.7. The van der Waals surface area contributed by atoms with Crippen LogP contribution >= 0.6 is 31.9 Å². The minimum absolute atomic E-state index is 0.127. The van der Waals surface area contributed by atoms with E-state index < -0.39 is 0 Å². The minimum atomic E-state index is -0.316. The lowest BCUT2D eigenvalue weighted by Gasteiger charge is -2.05. The lowest BCUT2D eigenvalue weighted by molar-refractivity contribution is -0.114. The van der Waals surface area contributed by atoms with Crippen LogP contribution in [0.15, 0.2) is 15.2 Å². The van der Waals surface area contributed by atoms with Crippen molar-refractivity contribution in [3.8, 4) is 5.88 Å². The molecule has 2 amide bonds. The average Bonchev–Trinajstić information content (AvgIpc) is 2.90. The SMILES string of the molecule is CC(=O)Nc1nc(O)c(C2=CCNC(=O)c3[nH]c(Br)c(Br)c32)[nH]1. The van der Waals surface area contributed by atoms with Crippen molar-refractivity contribution in [3.05, 3.63) is 32.1 Å². The van der Waals surface area contributed by atoms with Gasteiger partial charge in [0.15, 0.2) is 0 Å². The van der Waals surface area contributed by atoms with Crippen LogP contribution in [0.5, 0.6) is 5.88 Å². The van der Waals surface area contributed by atoms with Crippen LogP contribution in [0, 0.1) is 0 Å². The molecule has 3 heterocycles. The van der Waals surface area contributed by atoms with Crippen LogP contribution in [0.25, 0.3) is 5.57 Å². The number of aromatic nitrogens is 3. The lowest BCUT2D eigenvalue weighted by Crippen LogP contribution is -2.22. The van der Waals surface area contributed by atoms with Crippen molar-refractivity contribution < 1.29 is 14.7 Å². The molecule has 0 saturated carbocycles. The van der Waals surface area contributed by atoms with Gasteiger partial charge in [0, 0.05) is 24.6 Å². The standard InChI is InChI=1S/C13H11Br2N5O3/c1-4(21)17-13-19-8(12(23)20-13)5-2-3-16-11(22)9-6(5)7(14)10(15)18-9/h2,18,23H,3H2,1H3,(H,16,22)(H2,17,19,20,21). The number of halogens is 2. The molecule has 0 atom stereocenters. The third kappa shape index (κ3) is 2.79. The predicted octanol–water partition coefficient (Wildman–Crippen LogP) is 2.10. The molecule has 2 aromatic rings. The summed E-state index contributed by atoms with van der Waals surface area (Å²) in [7, 11) is 0. The minimum Gasteiger partial charge on any atom is -0.492 e. The van der Waals surface area contributed by atoms with Crippen LogP contribution in [0.3, 0.4) is 0 Å². The molecule has 0 fully saturated rings. The van der Waals surface area contributed by atoms with Crippen LogP contribution in [0.1, 0.15) is 28.7 Å². The summed E-state index contributed by atoms with van der Waals surface area (Å²) in [5, 5.41) is 15.3. The number of nitrogens with zero attached hydrogens (tertiary/aromatic N) is 1. The zero-order valence-electron chi connectivity index (χ0n) is 11.8. The normalized spacial score (nSPS) is 13.9. The van der Waals surface area contributed by atoms with Gasteiger partial charge in [0.25, 0.3) is 5.91 Å². The molecule has 8 nitrogen and oxygen atoms in total. The summed E-state index contributed by atoms with van der Waals surface area (Å²) in [5.74, 6) is -0.729. The van der Waals surface area contributed by atoms with Gasteiger partial charge in [0.1, 0.15) is 11.4 Å². The number of amides is 2. The Morgan fingerprint density at radius 3 is 2.78 bits per heavy atom. The Kier molecular flexibility index (Phi) is 4.02. The van der Waals surface area contributed by atoms with E-state index in [0.717, 1.165) is 0 Å². The first-order valence-electron chi connectivity index (χ1n) is 6.51. The van der Waals surface area contributed by atoms with Crippen LogP contribution in [-0.2, 0) is 4.79 Å². The van der Waals surface area contributed by atoms with E-state index in [-0.39, 0.29) is 30.2 Å². The van der Waals surface area contributed by atoms with Gasteiger partial charge in [-0.2, -0.15) is 4.98 Å². The van der Waals surface area contributed by atoms with E-state index in [1.807, 2.05) is 0 Å². The molecule has 120 valence electrons. The number of carbonyl (C=O) groups is 2. The molecular weight excluding hydrogens is 434 g/mol. The Bertz CT molecular complexity index is 852. The third-order valence-corrected chi connectivity index (χ3v) is 5.13. The highest BCUT2D eigenvalue weighted by Crippen LogP contribution is 2.40. The van der Waals surface area contributed by atoms with E-state index in [4.69, 9.17) is 0 Å². The number of anilines is 1. The van der Waals surface area contributed by atoms with Gasteiger partial charge < -0.3 is 20.4 Å². The van der Waals surface area contributed by atoms with Crippen molar-refractivity contribution >= 4 is 55.2 Å². The molecule has 0 bridgehead atoms. The number of fused-ring (bicyclic) bond motifs is 1. The highest BCUT2D eigenvalue weighted by atomic mass is 79.9. The summed E-state index contributed by atoms with van der Waals surface area (Å²) in [4.78, 5) is 32.9. The van der Waals surface area contributed by atoms with Gasteiger partial charge in [-0.3, -0.25) is 14.9 Å². The number of aromatic hydroxyl groups is 1. The quantitative estimate of drug-likeness (QED) is 0.486. The topological polar surface area (TPSA) is 123 Å². The third-order valence-electron chi connectivity index (χ3n) is 3.21. The van der Waals surface area contributed by atoms with E-state index >= 15 is 0 Å². The lowest BCUT2D eigenvalue weighted by atomic mass is 10.0. The van der Waals surface area contributed by atoms with Gasteiger partial charge in [0.2, 0.25) is 17.7 Å². The maximum atomic E-state index is 12.1. The molecule has 1 aliphatic rings. The monoisotopic (exact) mass is 443 g/mol. The summed E-state index contributed by atoms with van der Waals surface area (Å²) in [6, 6.07) is 0. The maximum absolute atomic E-state index is 12.1. The summed E-state index contributed by atoms with van der Waals surface area (Å²) in [5.41, 5.74) is 1.82. The van der Waals surface area contributed by atoms with Crippen LogP contribution in [0.2, 0.25) is 0 Å². The molecule has 0 unspecified atom stereocenters. The molecule has 23 heavy (non-hydrogen) atoms. The number of hydrogen-bond acceptors (Lipinski definition) is 4. The van der Waals surface area contributed by atoms with Crippen molar-refractivity contribution in [3.63, 3.8) is 0 Å². The molecule has 1 aliphatic heterocycles. The van der Waals surface area contributed by atoms with E-state index in [1.165, 1.54) is 6.92 Å². The fourth-order valence-corrected chi connectivity index (χ4v) is 3.22. The summed E-state index contributed by atoms with van der Waals surface area (Å²) in [6.45, 7) is 1.62. The molecule has 0 radical (unpaired) electrons. The fraction of sp³-hybridized carbons (Fsp3) is 0.154. The number of imidazole rings is 1. The molecule has 0 aromatic carbocycles. The Hall–Kier alpha value is -2.07. The van der Waals surface area contributed by atoms with Gasteiger partial charge in [-0.1, -0.05) is 6.08 Å². The van der Waals surface area contributed by atoms with Gasteiger partial charge in [0.05, 0.1) is 9.08 Å². The molecule has 0 aliphatic carbocycles. The summed E-state index contributed by atoms with van der Waals surface area (Å²) >= 11 is 6.75. The first kappa shape index (κ1) is 15.8. The fourth-order valence-electron chi connectivity index (χ4n) is 2.31. The first-order chi connectivity index (χ1) is 10.9. The van der Waals surface area contributed by atoms with Gasteiger partial charge in [-0.05, 0) is 31.9 Å². The van der Waals surface area contributed by atoms with Crippen LogP contribution < -0.4 is 10.6 Å². The van der Waals surface area contributed by atoms with Gasteiger partial charge >= 0.3 is 0 Å². The van der Waals surface area contributed by atoms with Crippen molar-refractivity contribution in [1.82, 2.24) is 20.3 Å². The highest BCUT2D eigenvalue weighted by molar-refractivity contribution is 9.13. The second-order valence-corrected chi connectivity index (χ2v) is 6.38. The zero-order valence-corrected chi connectivity index (χ0v) is 14.9. The van der Waals surface area contributed by atoms with E-state index in [2.05, 4.69) is 57.4 Å². The smallest absolute Gasteiger partial charge is 0.268 e. The number of carbonyl (C=O) groups excluding carboxylic acids is 2. The van der Waals surface area contributed by atoms with Gasteiger partial charge in [-0.25, -0.2) is 0 Å². The largest absolute Gasteiger partial charge is 0.492 e. The number of hydrogen-bond donors (Lipinski definition) is 5. The molecule has 3 rings (SSSR count). The van der Waals surface area contributed by atoms with Gasteiger partial charge in [-0.15, -0.1) is 0 Å². The van der Waals surface area contributed by atoms with Crippen molar-refractivity contribution in [1.29, 1.82) is 0 Å². The summed E-state index contributed by atoms with van der Waals surface area (Å²) in [6.07, 6.45) is 1.75. The Morgan fingerprint density at radius 1 is 1.35 bits per heavy atom. The molecule has 0 saturated heterocycles. The van der Waals surface area contributed by atoms with Crippen LogP contribution in [0.4, 0.5) is 5.95 Å². The van der Waals surface area contributed by atoms with E-state index in [1.54, 1.807) is 6.08 Å². The number of aromatic amines is 2. The van der Waals surface area contributed by atoms with E-state index in [9.17, 15) is 14.7 Å². The average molecular weight is 445 g/mol. The van der Waals surface area contributed by atoms with E-state index in [0.29, 0.717) is 31.6 Å². The molecule has 10 heteroatoms. The van der Waals surface area contributed by atoms with Crippen molar-refractivity contribution in [2.75, 3.05) is 11.9 Å². The second kappa shape index (κ2) is 5.85. The number of H-pyrrole nitrogens is 2. The van der Waals surface area contributed by atoms with Crippen molar-refractivity contribution in [2.24, 2.45) is 0 Å². The number of rotatable bonds is 2. The predicted molar refractivity (Wildman–Crippen MR) is 90.2 cm³/mol. The first-order valence-corrected chi connectivity index (χ1v) is 8.09. The summed E-state index contributed by atoms with van der Waals surface area (Å²) < 4.78 is 1.25. The molecule has 0 spiro atoms. The molecular formula is C13H11Br2N5O3.